The summed E-state index contributed by atoms with van der Waals surface area (Å²) in [5.41, 5.74) is 1.13. The van der Waals surface area contributed by atoms with E-state index in [1.807, 2.05) is 30.3 Å². The second-order valence-corrected chi connectivity index (χ2v) is 4.16. The third-order valence-electron chi connectivity index (χ3n) is 2.38. The van der Waals surface area contributed by atoms with Crippen molar-refractivity contribution in [3.63, 3.8) is 0 Å². The molecule has 92 valence electrons. The van der Waals surface area contributed by atoms with Crippen LogP contribution < -0.4 is 5.32 Å². The molecule has 0 aliphatic carbocycles. The number of rotatable bonds is 4. The fourth-order valence-electron chi connectivity index (χ4n) is 1.49. The van der Waals surface area contributed by atoms with Crippen molar-refractivity contribution in [1.29, 1.82) is 0 Å². The SMILES string of the molecule is O=C(CCc1ccccc1)Nc1ccc(Cl)nn1. The van der Waals surface area contributed by atoms with Gasteiger partial charge >= 0.3 is 0 Å². The van der Waals surface area contributed by atoms with Gasteiger partial charge in [0.15, 0.2) is 11.0 Å². The van der Waals surface area contributed by atoms with E-state index in [2.05, 4.69) is 15.5 Å². The van der Waals surface area contributed by atoms with Crippen LogP contribution in [0.1, 0.15) is 12.0 Å². The summed E-state index contributed by atoms with van der Waals surface area (Å²) in [6.45, 7) is 0. The summed E-state index contributed by atoms with van der Waals surface area (Å²) < 4.78 is 0. The van der Waals surface area contributed by atoms with Gasteiger partial charge in [-0.15, -0.1) is 10.2 Å². The van der Waals surface area contributed by atoms with E-state index in [0.717, 1.165) is 5.56 Å². The Balaban J connectivity index is 1.84. The number of aromatic nitrogens is 2. The van der Waals surface area contributed by atoms with Crippen molar-refractivity contribution in [2.75, 3.05) is 5.32 Å². The van der Waals surface area contributed by atoms with Gasteiger partial charge in [-0.25, -0.2) is 0 Å². The van der Waals surface area contributed by atoms with Crippen molar-refractivity contribution in [2.24, 2.45) is 0 Å². The third-order valence-corrected chi connectivity index (χ3v) is 2.58. The standard InChI is InChI=1S/C13H12ClN3O/c14-11-7-8-12(17-16-11)15-13(18)9-6-10-4-2-1-3-5-10/h1-5,7-8H,6,9H2,(H,15,17,18). The van der Waals surface area contributed by atoms with E-state index in [1.165, 1.54) is 0 Å². The molecule has 1 N–H and O–H groups in total. The third kappa shape index (κ3) is 3.82. The van der Waals surface area contributed by atoms with Gasteiger partial charge in [0, 0.05) is 6.42 Å². The minimum absolute atomic E-state index is 0.0875. The molecule has 0 radical (unpaired) electrons. The van der Waals surface area contributed by atoms with E-state index < -0.39 is 0 Å². The Morgan fingerprint density at radius 1 is 1.11 bits per heavy atom. The number of halogens is 1. The first-order chi connectivity index (χ1) is 8.74. The number of nitrogens with one attached hydrogen (secondary N) is 1. The predicted molar refractivity (Wildman–Crippen MR) is 70.4 cm³/mol. The molecular formula is C13H12ClN3O. The molecule has 0 spiro atoms. The van der Waals surface area contributed by atoms with Crippen LogP contribution in [0.15, 0.2) is 42.5 Å². The normalized spacial score (nSPS) is 10.1. The van der Waals surface area contributed by atoms with Gasteiger partial charge in [-0.3, -0.25) is 4.79 Å². The second-order valence-electron chi connectivity index (χ2n) is 3.78. The molecule has 18 heavy (non-hydrogen) atoms. The number of nitrogens with zero attached hydrogens (tertiary/aromatic N) is 2. The maximum atomic E-state index is 11.7. The maximum absolute atomic E-state index is 11.7. The highest BCUT2D eigenvalue weighted by atomic mass is 35.5. The van der Waals surface area contributed by atoms with Gasteiger partial charge in [0.2, 0.25) is 5.91 Å². The van der Waals surface area contributed by atoms with Crippen molar-refractivity contribution in [3.05, 3.63) is 53.2 Å². The average molecular weight is 262 g/mol. The Bertz CT molecular complexity index is 514. The van der Waals surface area contributed by atoms with Gasteiger partial charge in [0.1, 0.15) is 0 Å². The Labute approximate surface area is 110 Å². The molecule has 0 fully saturated rings. The largest absolute Gasteiger partial charge is 0.309 e. The van der Waals surface area contributed by atoms with E-state index in [9.17, 15) is 4.79 Å². The van der Waals surface area contributed by atoms with Crippen LogP contribution in [0.5, 0.6) is 0 Å². The number of amides is 1. The number of aryl methyl sites for hydroxylation is 1. The molecule has 0 unspecified atom stereocenters. The van der Waals surface area contributed by atoms with E-state index in [1.54, 1.807) is 12.1 Å². The fraction of sp³-hybridized carbons (Fsp3) is 0.154. The van der Waals surface area contributed by atoms with E-state index in [4.69, 9.17) is 11.6 Å². The highest BCUT2D eigenvalue weighted by molar-refractivity contribution is 6.29. The Hall–Kier alpha value is -1.94. The number of hydrogen-bond acceptors (Lipinski definition) is 3. The molecule has 0 saturated carbocycles. The van der Waals surface area contributed by atoms with Crippen molar-refractivity contribution in [1.82, 2.24) is 10.2 Å². The Kier molecular flexibility index (Phi) is 4.25. The highest BCUT2D eigenvalue weighted by Crippen LogP contribution is 2.07. The van der Waals surface area contributed by atoms with Crippen LogP contribution in [0.4, 0.5) is 5.82 Å². The molecule has 1 aromatic heterocycles. The topological polar surface area (TPSA) is 54.9 Å². The number of hydrogen-bond donors (Lipinski definition) is 1. The van der Waals surface area contributed by atoms with Gasteiger partial charge in [-0.05, 0) is 24.1 Å². The van der Waals surface area contributed by atoms with Crippen LogP contribution in [0.25, 0.3) is 0 Å². The van der Waals surface area contributed by atoms with Crippen LogP contribution in [-0.2, 0) is 11.2 Å². The Morgan fingerprint density at radius 3 is 2.56 bits per heavy atom. The van der Waals surface area contributed by atoms with Crippen LogP contribution in [0.3, 0.4) is 0 Å². The molecule has 0 aliphatic heterocycles. The predicted octanol–water partition coefficient (Wildman–Crippen LogP) is 2.70. The number of carbonyl (C=O) groups is 1. The van der Waals surface area contributed by atoms with Crippen LogP contribution in [0, 0.1) is 0 Å². The maximum Gasteiger partial charge on any atom is 0.225 e. The smallest absolute Gasteiger partial charge is 0.225 e. The molecule has 2 rings (SSSR count). The van der Waals surface area contributed by atoms with E-state index >= 15 is 0 Å². The highest BCUT2D eigenvalue weighted by Gasteiger charge is 2.04. The summed E-state index contributed by atoms with van der Waals surface area (Å²) >= 11 is 5.60. The minimum atomic E-state index is -0.0875. The van der Waals surface area contributed by atoms with Crippen LogP contribution in [0.2, 0.25) is 5.15 Å². The molecule has 2 aromatic rings. The molecule has 0 bridgehead atoms. The number of benzene rings is 1. The quantitative estimate of drug-likeness (QED) is 0.921. The van der Waals surface area contributed by atoms with Gasteiger partial charge in [-0.1, -0.05) is 41.9 Å². The van der Waals surface area contributed by atoms with E-state index in [-0.39, 0.29) is 5.91 Å². The average Bonchev–Trinajstić information content (AvgIpc) is 2.40. The molecule has 1 aromatic carbocycles. The van der Waals surface area contributed by atoms with Crippen molar-refractivity contribution in [2.45, 2.75) is 12.8 Å². The van der Waals surface area contributed by atoms with Crippen LogP contribution >= 0.6 is 11.6 Å². The number of anilines is 1. The lowest BCUT2D eigenvalue weighted by Crippen LogP contribution is -2.13. The minimum Gasteiger partial charge on any atom is -0.309 e. The van der Waals surface area contributed by atoms with Gasteiger partial charge < -0.3 is 5.32 Å². The lowest BCUT2D eigenvalue weighted by atomic mass is 10.1. The summed E-state index contributed by atoms with van der Waals surface area (Å²) in [5, 5.41) is 10.4. The lowest BCUT2D eigenvalue weighted by molar-refractivity contribution is -0.116. The summed E-state index contributed by atoms with van der Waals surface area (Å²) in [6, 6.07) is 13.1. The first kappa shape index (κ1) is 12.5. The summed E-state index contributed by atoms with van der Waals surface area (Å²) in [5.74, 6) is 0.327. The monoisotopic (exact) mass is 261 g/mol. The summed E-state index contributed by atoms with van der Waals surface area (Å²) in [6.07, 6.45) is 1.11. The zero-order valence-electron chi connectivity index (χ0n) is 9.64. The second kappa shape index (κ2) is 6.12. The zero-order chi connectivity index (χ0) is 12.8. The van der Waals surface area contributed by atoms with Gasteiger partial charge in [0.25, 0.3) is 0 Å². The molecule has 4 nitrogen and oxygen atoms in total. The molecular weight excluding hydrogens is 250 g/mol. The summed E-state index contributed by atoms with van der Waals surface area (Å²) in [7, 11) is 0. The van der Waals surface area contributed by atoms with Crippen LogP contribution in [-0.4, -0.2) is 16.1 Å². The van der Waals surface area contributed by atoms with Gasteiger partial charge in [0.05, 0.1) is 0 Å². The summed E-state index contributed by atoms with van der Waals surface area (Å²) in [4.78, 5) is 11.7. The van der Waals surface area contributed by atoms with E-state index in [0.29, 0.717) is 23.8 Å². The zero-order valence-corrected chi connectivity index (χ0v) is 10.4. The Morgan fingerprint density at radius 2 is 1.89 bits per heavy atom. The molecule has 0 aliphatic rings. The molecule has 1 amide bonds. The first-order valence-electron chi connectivity index (χ1n) is 5.57. The molecule has 1 heterocycles. The first-order valence-corrected chi connectivity index (χ1v) is 5.95. The molecule has 0 atom stereocenters. The van der Waals surface area contributed by atoms with Crippen molar-refractivity contribution >= 4 is 23.3 Å². The number of carbonyl (C=O) groups excluding carboxylic acids is 1. The van der Waals surface area contributed by atoms with Gasteiger partial charge in [-0.2, -0.15) is 0 Å². The molecule has 0 saturated heterocycles. The fourth-order valence-corrected chi connectivity index (χ4v) is 1.59. The molecule has 5 heteroatoms. The lowest BCUT2D eigenvalue weighted by Gasteiger charge is -2.03. The van der Waals surface area contributed by atoms with Crippen molar-refractivity contribution < 1.29 is 4.79 Å². The van der Waals surface area contributed by atoms with Crippen molar-refractivity contribution in [3.8, 4) is 0 Å².